The second-order valence-electron chi connectivity index (χ2n) is 2.75. The number of hydrogen-bond acceptors (Lipinski definition) is 5. The lowest BCUT2D eigenvalue weighted by atomic mass is 10.1. The second-order valence-corrected chi connectivity index (χ2v) is 3.02. The zero-order valence-corrected chi connectivity index (χ0v) is 6.98. The lowest BCUT2D eigenvalue weighted by molar-refractivity contribution is -0.214. The lowest BCUT2D eigenvalue weighted by Crippen LogP contribution is -2.44. The van der Waals surface area contributed by atoms with Gasteiger partial charge in [0, 0.05) is 0 Å². The van der Waals surface area contributed by atoms with Crippen molar-refractivity contribution in [2.75, 3.05) is 12.5 Å². The summed E-state index contributed by atoms with van der Waals surface area (Å²) in [7, 11) is 0. The van der Waals surface area contributed by atoms with Crippen LogP contribution in [0.5, 0.6) is 0 Å². The van der Waals surface area contributed by atoms with Crippen molar-refractivity contribution in [2.24, 2.45) is 0 Å². The van der Waals surface area contributed by atoms with Gasteiger partial charge in [0.15, 0.2) is 0 Å². The van der Waals surface area contributed by atoms with Crippen molar-refractivity contribution >= 4 is 11.6 Å². The van der Waals surface area contributed by atoms with Crippen molar-refractivity contribution < 1.29 is 25.2 Å². The molecule has 0 aromatic carbocycles. The first-order valence-corrected chi connectivity index (χ1v) is 4.01. The molecule has 1 fully saturated rings. The summed E-state index contributed by atoms with van der Waals surface area (Å²) < 4.78 is 4.75. The first-order chi connectivity index (χ1) is 5.55. The highest BCUT2D eigenvalue weighted by Gasteiger charge is 2.52. The molecule has 0 amide bonds. The number of aliphatic hydroxyl groups excluding tert-OH is 3. The van der Waals surface area contributed by atoms with E-state index in [-0.39, 0.29) is 5.88 Å². The fourth-order valence-electron chi connectivity index (χ4n) is 1.13. The summed E-state index contributed by atoms with van der Waals surface area (Å²) in [5.41, 5.74) is 0. The van der Waals surface area contributed by atoms with Crippen LogP contribution < -0.4 is 0 Å². The predicted molar refractivity (Wildman–Crippen MR) is 39.6 cm³/mol. The highest BCUT2D eigenvalue weighted by Crippen LogP contribution is 2.29. The van der Waals surface area contributed by atoms with Crippen LogP contribution in [0.4, 0.5) is 0 Å². The van der Waals surface area contributed by atoms with Crippen molar-refractivity contribution in [2.45, 2.75) is 24.1 Å². The predicted octanol–water partition coefficient (Wildman–Crippen LogP) is -1.97. The van der Waals surface area contributed by atoms with Gasteiger partial charge in [-0.05, 0) is 0 Å². The van der Waals surface area contributed by atoms with Crippen molar-refractivity contribution in [3.05, 3.63) is 0 Å². The Labute approximate surface area is 74.2 Å². The van der Waals surface area contributed by atoms with E-state index < -0.39 is 30.7 Å². The molecule has 0 bridgehead atoms. The van der Waals surface area contributed by atoms with Gasteiger partial charge in [0.1, 0.15) is 18.3 Å². The molecule has 6 heteroatoms. The maximum Gasteiger partial charge on any atom is 0.209 e. The van der Waals surface area contributed by atoms with Crippen LogP contribution >= 0.6 is 11.6 Å². The Hall–Kier alpha value is 0.0900. The number of hydrogen-bond donors (Lipinski definition) is 4. The number of aliphatic hydroxyl groups is 4. The Morgan fingerprint density at radius 1 is 1.42 bits per heavy atom. The fourth-order valence-corrected chi connectivity index (χ4v) is 1.35. The molecule has 4 unspecified atom stereocenters. The molecule has 5 nitrogen and oxygen atoms in total. The molecule has 12 heavy (non-hydrogen) atoms. The van der Waals surface area contributed by atoms with Gasteiger partial charge in [-0.1, -0.05) is 0 Å². The normalized spacial score (nSPS) is 48.2. The second kappa shape index (κ2) is 3.45. The maximum atomic E-state index is 9.37. The van der Waals surface area contributed by atoms with Gasteiger partial charge < -0.3 is 25.2 Å². The van der Waals surface area contributed by atoms with Crippen LogP contribution in [0.1, 0.15) is 0 Å². The average molecular weight is 199 g/mol. The third-order valence-corrected chi connectivity index (χ3v) is 2.28. The molecule has 0 saturated carbocycles. The molecule has 72 valence electrons. The average Bonchev–Trinajstić information content (AvgIpc) is 2.31. The van der Waals surface area contributed by atoms with E-state index >= 15 is 0 Å². The van der Waals surface area contributed by atoms with Gasteiger partial charge in [0.05, 0.1) is 12.5 Å². The summed E-state index contributed by atoms with van der Waals surface area (Å²) in [5, 5.41) is 36.4. The van der Waals surface area contributed by atoms with Gasteiger partial charge in [0.2, 0.25) is 5.79 Å². The molecule has 0 spiro atoms. The molecule has 0 aromatic rings. The third-order valence-electron chi connectivity index (χ3n) is 1.89. The first kappa shape index (κ1) is 10.2. The Kier molecular flexibility index (Phi) is 2.92. The van der Waals surface area contributed by atoms with Crippen LogP contribution in [0.3, 0.4) is 0 Å². The van der Waals surface area contributed by atoms with Gasteiger partial charge in [-0.2, -0.15) is 0 Å². The topological polar surface area (TPSA) is 90.2 Å². The van der Waals surface area contributed by atoms with Crippen molar-refractivity contribution in [3.8, 4) is 0 Å². The molecular weight excluding hydrogens is 188 g/mol. The number of halogens is 1. The lowest BCUT2D eigenvalue weighted by Gasteiger charge is -2.22. The molecule has 4 N–H and O–H groups in total. The van der Waals surface area contributed by atoms with Crippen LogP contribution in [0.2, 0.25) is 0 Å². The maximum absolute atomic E-state index is 9.37. The minimum absolute atomic E-state index is 0.359. The summed E-state index contributed by atoms with van der Waals surface area (Å²) in [6.45, 7) is -0.475. The molecule has 1 aliphatic rings. The molecule has 1 rings (SSSR count). The van der Waals surface area contributed by atoms with E-state index in [4.69, 9.17) is 21.4 Å². The molecule has 1 saturated heterocycles. The molecule has 4 atom stereocenters. The zero-order valence-electron chi connectivity index (χ0n) is 6.22. The zero-order chi connectivity index (χ0) is 9.35. The number of rotatable bonds is 2. The quantitative estimate of drug-likeness (QED) is 0.387. The Morgan fingerprint density at radius 3 is 2.25 bits per heavy atom. The smallest absolute Gasteiger partial charge is 0.209 e. The summed E-state index contributed by atoms with van der Waals surface area (Å²) in [5.74, 6) is -2.31. The highest BCUT2D eigenvalue weighted by atomic mass is 35.5. The molecule has 0 radical (unpaired) electrons. The highest BCUT2D eigenvalue weighted by molar-refractivity contribution is 6.18. The summed E-state index contributed by atoms with van der Waals surface area (Å²) in [4.78, 5) is 0. The number of ether oxygens (including phenoxy) is 1. The molecule has 0 aliphatic carbocycles. The van der Waals surface area contributed by atoms with Gasteiger partial charge in [0.25, 0.3) is 0 Å². The van der Waals surface area contributed by atoms with Crippen LogP contribution in [0.25, 0.3) is 0 Å². The van der Waals surface area contributed by atoms with Gasteiger partial charge >= 0.3 is 0 Å². The molecule has 1 aliphatic heterocycles. The monoisotopic (exact) mass is 198 g/mol. The van der Waals surface area contributed by atoms with Crippen LogP contribution in [-0.4, -0.2) is 57.0 Å². The van der Waals surface area contributed by atoms with E-state index in [0.717, 1.165) is 0 Å². The van der Waals surface area contributed by atoms with E-state index in [0.29, 0.717) is 0 Å². The SMILES string of the molecule is OCC1OC(O)(CCl)C(O)C1O. The molecule has 1 heterocycles. The van der Waals surface area contributed by atoms with Crippen molar-refractivity contribution in [3.63, 3.8) is 0 Å². The summed E-state index contributed by atoms with van der Waals surface area (Å²) in [6.07, 6.45) is -3.77. The standard InChI is InChI=1S/C6H11ClO5/c7-2-6(11)5(10)4(9)3(1-8)12-6/h3-5,8-11H,1-2H2. The number of alkyl halides is 1. The van der Waals surface area contributed by atoms with E-state index in [1.54, 1.807) is 0 Å². The minimum atomic E-state index is -1.95. The Morgan fingerprint density at radius 2 is 2.00 bits per heavy atom. The minimum Gasteiger partial charge on any atom is -0.394 e. The molecular formula is C6H11ClO5. The largest absolute Gasteiger partial charge is 0.394 e. The van der Waals surface area contributed by atoms with Crippen LogP contribution in [0.15, 0.2) is 0 Å². The van der Waals surface area contributed by atoms with Gasteiger partial charge in [-0.3, -0.25) is 0 Å². The Balaban J connectivity index is 2.72. The fraction of sp³-hybridized carbons (Fsp3) is 1.00. The van der Waals surface area contributed by atoms with Gasteiger partial charge in [-0.25, -0.2) is 0 Å². The van der Waals surface area contributed by atoms with Crippen LogP contribution in [-0.2, 0) is 4.74 Å². The Bertz CT molecular complexity index is 166. The van der Waals surface area contributed by atoms with Crippen LogP contribution in [0, 0.1) is 0 Å². The molecule has 0 aromatic heterocycles. The van der Waals surface area contributed by atoms with E-state index in [1.165, 1.54) is 0 Å². The van der Waals surface area contributed by atoms with Gasteiger partial charge in [-0.15, -0.1) is 11.6 Å². The van der Waals surface area contributed by atoms with Crippen molar-refractivity contribution in [1.82, 2.24) is 0 Å². The van der Waals surface area contributed by atoms with Crippen molar-refractivity contribution in [1.29, 1.82) is 0 Å². The summed E-state index contributed by atoms with van der Waals surface area (Å²) >= 11 is 5.30. The van der Waals surface area contributed by atoms with E-state index in [2.05, 4.69) is 0 Å². The van der Waals surface area contributed by atoms with E-state index in [9.17, 15) is 15.3 Å². The summed E-state index contributed by atoms with van der Waals surface area (Å²) in [6, 6.07) is 0. The first-order valence-electron chi connectivity index (χ1n) is 3.48. The van der Waals surface area contributed by atoms with E-state index in [1.807, 2.05) is 0 Å². The third kappa shape index (κ3) is 1.44.